The molecule has 0 unspecified atom stereocenters. The third-order valence-electron chi connectivity index (χ3n) is 6.51. The molecule has 9 nitrogen and oxygen atoms in total. The van der Waals surface area contributed by atoms with Gasteiger partial charge in [-0.05, 0) is 58.7 Å². The maximum atomic E-state index is 13.2. The number of carbonyl (C=O) groups is 1. The van der Waals surface area contributed by atoms with E-state index in [1.54, 1.807) is 12.3 Å². The summed E-state index contributed by atoms with van der Waals surface area (Å²) in [6.45, 7) is 8.26. The van der Waals surface area contributed by atoms with Gasteiger partial charge in [-0.1, -0.05) is 0 Å². The smallest absolute Gasteiger partial charge is 0.232 e. The zero-order valence-electron chi connectivity index (χ0n) is 20.3. The van der Waals surface area contributed by atoms with Crippen molar-refractivity contribution in [3.8, 4) is 6.07 Å². The van der Waals surface area contributed by atoms with E-state index in [1.807, 2.05) is 32.9 Å². The molecule has 1 fully saturated rings. The molecule has 0 spiro atoms. The average molecular weight is 470 g/mol. The van der Waals surface area contributed by atoms with Crippen LogP contribution in [0.3, 0.4) is 0 Å². The Morgan fingerprint density at radius 3 is 2.69 bits per heavy atom. The molecule has 1 aromatic carbocycles. The van der Waals surface area contributed by atoms with Crippen molar-refractivity contribution in [2.75, 3.05) is 11.9 Å². The summed E-state index contributed by atoms with van der Waals surface area (Å²) in [4.78, 5) is 31.4. The van der Waals surface area contributed by atoms with Crippen molar-refractivity contribution in [3.05, 3.63) is 53.0 Å². The number of aromatic nitrogens is 5. The van der Waals surface area contributed by atoms with Crippen molar-refractivity contribution in [1.29, 1.82) is 5.26 Å². The summed E-state index contributed by atoms with van der Waals surface area (Å²) >= 11 is 0. The normalized spacial score (nSPS) is 18.0. The van der Waals surface area contributed by atoms with Crippen LogP contribution < -0.4 is 5.32 Å². The number of nitrogens with one attached hydrogen (secondary N) is 1. The molecule has 1 N–H and O–H groups in total. The molecule has 1 aliphatic rings. The van der Waals surface area contributed by atoms with Crippen molar-refractivity contribution in [2.45, 2.75) is 59.1 Å². The van der Waals surface area contributed by atoms with E-state index in [0.717, 1.165) is 40.6 Å². The van der Waals surface area contributed by atoms with Crippen LogP contribution in [0.4, 0.5) is 5.69 Å². The third-order valence-corrected chi connectivity index (χ3v) is 6.51. The number of anilines is 1. The molecular weight excluding hydrogens is 442 g/mol. The first kappa shape index (κ1) is 22.9. The molecule has 1 aliphatic heterocycles. The summed E-state index contributed by atoms with van der Waals surface area (Å²) in [7, 11) is 0. The van der Waals surface area contributed by atoms with E-state index in [-0.39, 0.29) is 24.5 Å². The fourth-order valence-corrected chi connectivity index (χ4v) is 5.01. The van der Waals surface area contributed by atoms with Gasteiger partial charge in [0.05, 0.1) is 58.5 Å². The lowest BCUT2D eigenvalue weighted by atomic mass is 10.0. The van der Waals surface area contributed by atoms with Crippen molar-refractivity contribution >= 4 is 33.5 Å². The molecule has 1 saturated heterocycles. The number of nitriles is 1. The molecule has 0 saturated carbocycles. The number of rotatable bonds is 4. The predicted molar refractivity (Wildman–Crippen MR) is 132 cm³/mol. The third kappa shape index (κ3) is 4.33. The average Bonchev–Trinajstić information content (AvgIpc) is 3.19. The van der Waals surface area contributed by atoms with Gasteiger partial charge in [-0.15, -0.1) is 0 Å². The van der Waals surface area contributed by atoms with E-state index in [0.29, 0.717) is 35.0 Å². The van der Waals surface area contributed by atoms with E-state index in [4.69, 9.17) is 9.72 Å². The number of amides is 1. The molecule has 0 radical (unpaired) electrons. The van der Waals surface area contributed by atoms with Crippen LogP contribution in [0, 0.1) is 32.1 Å². The maximum absolute atomic E-state index is 13.2. The minimum absolute atomic E-state index is 0.0899. The van der Waals surface area contributed by atoms with E-state index in [2.05, 4.69) is 37.8 Å². The molecule has 9 heteroatoms. The minimum atomic E-state index is -0.185. The van der Waals surface area contributed by atoms with Crippen LogP contribution in [0.1, 0.15) is 54.4 Å². The first-order chi connectivity index (χ1) is 16.8. The lowest BCUT2D eigenvalue weighted by Gasteiger charge is -2.30. The number of aryl methyl sites for hydroxylation is 3. The predicted octanol–water partition coefficient (Wildman–Crippen LogP) is 4.09. The lowest BCUT2D eigenvalue weighted by molar-refractivity contribution is -0.115. The minimum Gasteiger partial charge on any atom is -0.378 e. The Bertz CT molecular complexity index is 1480. The Balaban J connectivity index is 1.60. The van der Waals surface area contributed by atoms with Crippen LogP contribution in [0.2, 0.25) is 0 Å². The highest BCUT2D eigenvalue weighted by molar-refractivity contribution is 6.03. The monoisotopic (exact) mass is 469 g/mol. The number of carbonyl (C=O) groups excluding carboxylic acids is 1. The van der Waals surface area contributed by atoms with Crippen LogP contribution in [-0.2, 0) is 16.0 Å². The molecule has 35 heavy (non-hydrogen) atoms. The molecule has 0 bridgehead atoms. The Morgan fingerprint density at radius 1 is 1.20 bits per heavy atom. The molecular formula is C26H27N7O2. The quantitative estimate of drug-likeness (QED) is 0.478. The lowest BCUT2D eigenvalue weighted by Crippen LogP contribution is -2.28. The van der Waals surface area contributed by atoms with E-state index in [9.17, 15) is 10.1 Å². The summed E-state index contributed by atoms with van der Waals surface area (Å²) < 4.78 is 7.97. The van der Waals surface area contributed by atoms with Gasteiger partial charge < -0.3 is 14.6 Å². The number of ether oxygens (including phenoxy) is 1. The van der Waals surface area contributed by atoms with Gasteiger partial charge in [-0.2, -0.15) is 5.26 Å². The highest BCUT2D eigenvalue weighted by atomic mass is 16.5. The second-order valence-electron chi connectivity index (χ2n) is 9.14. The number of hydrogen-bond acceptors (Lipinski definition) is 7. The van der Waals surface area contributed by atoms with Gasteiger partial charge in [0.25, 0.3) is 0 Å². The largest absolute Gasteiger partial charge is 0.378 e. The van der Waals surface area contributed by atoms with Crippen LogP contribution in [0.25, 0.3) is 21.9 Å². The van der Waals surface area contributed by atoms with Crippen molar-refractivity contribution in [3.63, 3.8) is 0 Å². The highest BCUT2D eigenvalue weighted by Crippen LogP contribution is 2.34. The van der Waals surface area contributed by atoms with Gasteiger partial charge in [0.2, 0.25) is 5.91 Å². The molecule has 1 amide bonds. The standard InChI is InChI=1S/C26H27N7O2/c1-14-9-19(7-8-35-14)33-23(11-24(34)32-25-15(2)29-17(4)30-16(25)3)31-22-13-28-21-6-5-18(12-27)10-20(21)26(22)33/h5-6,10,13-14,19H,7-9,11H2,1-4H3,(H,32,34)/t14-,19-/m1/s1. The molecule has 4 aromatic rings. The highest BCUT2D eigenvalue weighted by Gasteiger charge is 2.27. The summed E-state index contributed by atoms with van der Waals surface area (Å²) in [5.74, 6) is 1.15. The summed E-state index contributed by atoms with van der Waals surface area (Å²) in [6.07, 6.45) is 3.56. The second kappa shape index (κ2) is 9.04. The summed E-state index contributed by atoms with van der Waals surface area (Å²) in [6, 6.07) is 7.81. The SMILES string of the molecule is Cc1nc(C)c(NC(=O)Cc2nc3cnc4ccc(C#N)cc4c3n2[C@@H]2CCO[C@H](C)C2)c(C)n1. The van der Waals surface area contributed by atoms with Crippen molar-refractivity contribution in [2.24, 2.45) is 0 Å². The van der Waals surface area contributed by atoms with E-state index >= 15 is 0 Å². The van der Waals surface area contributed by atoms with Crippen molar-refractivity contribution in [1.82, 2.24) is 24.5 Å². The first-order valence-corrected chi connectivity index (χ1v) is 11.8. The molecule has 4 heterocycles. The first-order valence-electron chi connectivity index (χ1n) is 11.8. The zero-order chi connectivity index (χ0) is 24.7. The summed E-state index contributed by atoms with van der Waals surface area (Å²) in [5, 5.41) is 13.3. The topological polar surface area (TPSA) is 119 Å². The second-order valence-corrected chi connectivity index (χ2v) is 9.14. The Labute approximate surface area is 203 Å². The van der Waals surface area contributed by atoms with Gasteiger partial charge in [0.15, 0.2) is 0 Å². The Hall–Kier alpha value is -3.90. The van der Waals surface area contributed by atoms with Gasteiger partial charge in [-0.3, -0.25) is 9.78 Å². The Morgan fingerprint density at radius 2 is 1.97 bits per heavy atom. The number of nitrogens with zero attached hydrogens (tertiary/aromatic N) is 6. The van der Waals surface area contributed by atoms with Crippen LogP contribution in [0.5, 0.6) is 0 Å². The zero-order valence-corrected chi connectivity index (χ0v) is 20.3. The molecule has 2 atom stereocenters. The van der Waals surface area contributed by atoms with Crippen LogP contribution in [0.15, 0.2) is 24.4 Å². The molecule has 3 aromatic heterocycles. The van der Waals surface area contributed by atoms with Gasteiger partial charge >= 0.3 is 0 Å². The molecule has 0 aliphatic carbocycles. The fraction of sp³-hybridized carbons (Fsp3) is 0.385. The number of fused-ring (bicyclic) bond motifs is 3. The van der Waals surface area contributed by atoms with E-state index < -0.39 is 0 Å². The number of pyridine rings is 1. The van der Waals surface area contributed by atoms with Crippen LogP contribution in [-0.4, -0.2) is 43.1 Å². The molecule has 5 rings (SSSR count). The maximum Gasteiger partial charge on any atom is 0.232 e. The number of imidazole rings is 1. The molecule has 178 valence electrons. The number of benzene rings is 1. The van der Waals surface area contributed by atoms with Gasteiger partial charge in [-0.25, -0.2) is 15.0 Å². The fourth-order valence-electron chi connectivity index (χ4n) is 5.01. The van der Waals surface area contributed by atoms with Crippen molar-refractivity contribution < 1.29 is 9.53 Å². The van der Waals surface area contributed by atoms with Crippen LogP contribution >= 0.6 is 0 Å². The number of hydrogen-bond donors (Lipinski definition) is 1. The van der Waals surface area contributed by atoms with E-state index in [1.165, 1.54) is 0 Å². The summed E-state index contributed by atoms with van der Waals surface area (Å²) in [5.41, 5.74) is 5.05. The van der Waals surface area contributed by atoms with Gasteiger partial charge in [0, 0.05) is 18.0 Å². The Kier molecular flexibility index (Phi) is 5.91. The van der Waals surface area contributed by atoms with Gasteiger partial charge in [0.1, 0.15) is 17.2 Å².